The van der Waals surface area contributed by atoms with E-state index in [1.807, 2.05) is 19.0 Å². The fourth-order valence-corrected chi connectivity index (χ4v) is 1.43. The number of carbonyl (C=O) groups excluding carboxylic acids is 1. The van der Waals surface area contributed by atoms with E-state index in [0.29, 0.717) is 25.4 Å². The van der Waals surface area contributed by atoms with Crippen LogP contribution < -0.4 is 0 Å². The average molecular weight is 221 g/mol. The molecule has 0 radical (unpaired) electrons. The smallest absolute Gasteiger partial charge is 0.190 e. The van der Waals surface area contributed by atoms with Crippen LogP contribution in [-0.4, -0.2) is 61.3 Å². The van der Waals surface area contributed by atoms with Gasteiger partial charge in [-0.2, -0.15) is 0 Å². The molecule has 0 spiro atoms. The van der Waals surface area contributed by atoms with Crippen LogP contribution in [0.1, 0.15) is 6.42 Å². The first-order valence-electron chi connectivity index (χ1n) is 4.65. The molecule has 0 aromatic carbocycles. The predicted molar refractivity (Wildman–Crippen MR) is 58.5 cm³/mol. The van der Waals surface area contributed by atoms with Gasteiger partial charge in [0.15, 0.2) is 5.12 Å². The van der Waals surface area contributed by atoms with Crippen molar-refractivity contribution in [3.05, 3.63) is 0 Å². The standard InChI is InChI=1S/C9H19NO3S/c1-10(2)4-3-9(12)14-8-7-13-6-5-11/h11H,3-8H2,1-2H3. The number of aliphatic hydroxyl groups excluding tert-OH is 1. The Bertz CT molecular complexity index is 153. The number of nitrogens with zero attached hydrogens (tertiary/aromatic N) is 1. The number of hydrogen-bond donors (Lipinski definition) is 1. The zero-order chi connectivity index (χ0) is 10.8. The molecule has 5 heteroatoms. The summed E-state index contributed by atoms with van der Waals surface area (Å²) in [5.74, 6) is 0.673. The average Bonchev–Trinajstić information content (AvgIpc) is 2.14. The molecule has 0 heterocycles. The Hall–Kier alpha value is -0.100. The van der Waals surface area contributed by atoms with Crippen LogP contribution in [0.2, 0.25) is 0 Å². The van der Waals surface area contributed by atoms with Crippen molar-refractivity contribution in [3.63, 3.8) is 0 Å². The number of hydrogen-bond acceptors (Lipinski definition) is 5. The molecule has 0 bridgehead atoms. The topological polar surface area (TPSA) is 49.8 Å². The highest BCUT2D eigenvalue weighted by Gasteiger charge is 2.02. The van der Waals surface area contributed by atoms with Crippen molar-refractivity contribution in [2.75, 3.05) is 46.2 Å². The highest BCUT2D eigenvalue weighted by atomic mass is 32.2. The summed E-state index contributed by atoms with van der Waals surface area (Å²) in [6.07, 6.45) is 0.581. The minimum atomic E-state index is 0.0409. The Kier molecular flexibility index (Phi) is 9.39. The summed E-state index contributed by atoms with van der Waals surface area (Å²) >= 11 is 1.30. The molecule has 0 amide bonds. The van der Waals surface area contributed by atoms with E-state index in [-0.39, 0.29) is 11.7 Å². The van der Waals surface area contributed by atoms with Gasteiger partial charge >= 0.3 is 0 Å². The number of carbonyl (C=O) groups is 1. The van der Waals surface area contributed by atoms with E-state index in [1.54, 1.807) is 0 Å². The molecule has 0 aliphatic rings. The fourth-order valence-electron chi connectivity index (χ4n) is 0.768. The SMILES string of the molecule is CN(C)CCC(=O)SCCOCCO. The third kappa shape index (κ3) is 9.98. The van der Waals surface area contributed by atoms with Crippen LogP contribution in [0.5, 0.6) is 0 Å². The van der Waals surface area contributed by atoms with E-state index in [4.69, 9.17) is 9.84 Å². The summed E-state index contributed by atoms with van der Waals surface area (Å²) in [7, 11) is 3.89. The maximum Gasteiger partial charge on any atom is 0.190 e. The lowest BCUT2D eigenvalue weighted by Gasteiger charge is -2.07. The van der Waals surface area contributed by atoms with Gasteiger partial charge in [0.25, 0.3) is 0 Å². The molecule has 4 nitrogen and oxygen atoms in total. The Labute approximate surface area is 89.6 Å². The Morgan fingerprint density at radius 2 is 2.14 bits per heavy atom. The van der Waals surface area contributed by atoms with Crippen molar-refractivity contribution in [3.8, 4) is 0 Å². The molecule has 0 atom stereocenters. The molecule has 0 unspecified atom stereocenters. The van der Waals surface area contributed by atoms with Crippen molar-refractivity contribution in [1.29, 1.82) is 0 Å². The van der Waals surface area contributed by atoms with Crippen molar-refractivity contribution in [2.24, 2.45) is 0 Å². The molecule has 0 saturated heterocycles. The molecule has 0 saturated carbocycles. The summed E-state index contributed by atoms with van der Waals surface area (Å²) in [5, 5.41) is 8.62. The second-order valence-corrected chi connectivity index (χ2v) is 4.26. The summed E-state index contributed by atoms with van der Waals surface area (Å²) in [6, 6.07) is 0. The van der Waals surface area contributed by atoms with Gasteiger partial charge in [-0.15, -0.1) is 0 Å². The molecule has 0 aromatic heterocycles. The summed E-state index contributed by atoms with van der Waals surface area (Å²) in [5.41, 5.74) is 0. The number of ether oxygens (including phenoxy) is 1. The molecule has 0 aromatic rings. The van der Waals surface area contributed by atoms with E-state index in [1.165, 1.54) is 11.8 Å². The van der Waals surface area contributed by atoms with E-state index in [2.05, 4.69) is 0 Å². The zero-order valence-corrected chi connectivity index (χ0v) is 9.68. The first-order valence-corrected chi connectivity index (χ1v) is 5.64. The van der Waals surface area contributed by atoms with Crippen molar-refractivity contribution in [1.82, 2.24) is 4.90 Å². The largest absolute Gasteiger partial charge is 0.394 e. The predicted octanol–water partition coefficient (Wildman–Crippen LogP) is 0.207. The van der Waals surface area contributed by atoms with E-state index in [9.17, 15) is 4.79 Å². The molecule has 0 aliphatic heterocycles. The highest BCUT2D eigenvalue weighted by molar-refractivity contribution is 8.13. The maximum absolute atomic E-state index is 11.2. The Balaban J connectivity index is 3.18. The van der Waals surface area contributed by atoms with Gasteiger partial charge in [0.05, 0.1) is 19.8 Å². The molecule has 0 aliphatic carbocycles. The zero-order valence-electron chi connectivity index (χ0n) is 8.86. The van der Waals surface area contributed by atoms with Gasteiger partial charge in [-0.1, -0.05) is 11.8 Å². The summed E-state index contributed by atoms with van der Waals surface area (Å²) < 4.78 is 5.03. The lowest BCUT2D eigenvalue weighted by molar-refractivity contribution is -0.111. The van der Waals surface area contributed by atoms with Crippen LogP contribution in [-0.2, 0) is 9.53 Å². The number of rotatable bonds is 8. The van der Waals surface area contributed by atoms with Crippen LogP contribution in [0.4, 0.5) is 0 Å². The molecule has 0 fully saturated rings. The molecule has 84 valence electrons. The molecule has 1 N–H and O–H groups in total. The highest BCUT2D eigenvalue weighted by Crippen LogP contribution is 2.05. The third-order valence-electron chi connectivity index (χ3n) is 1.49. The van der Waals surface area contributed by atoms with Crippen molar-refractivity contribution >= 4 is 16.9 Å². The molecule has 0 rings (SSSR count). The normalized spacial score (nSPS) is 10.9. The van der Waals surface area contributed by atoms with Gasteiger partial charge in [0.2, 0.25) is 0 Å². The summed E-state index contributed by atoms with van der Waals surface area (Å²) in [6.45, 7) is 1.72. The van der Waals surface area contributed by atoms with E-state index < -0.39 is 0 Å². The van der Waals surface area contributed by atoms with Gasteiger partial charge in [-0.3, -0.25) is 4.79 Å². The van der Waals surface area contributed by atoms with Crippen molar-refractivity contribution in [2.45, 2.75) is 6.42 Å². The van der Waals surface area contributed by atoms with Gasteiger partial charge in [-0.25, -0.2) is 0 Å². The maximum atomic E-state index is 11.2. The summed E-state index contributed by atoms with van der Waals surface area (Å²) in [4.78, 5) is 13.2. The van der Waals surface area contributed by atoms with Gasteiger partial charge < -0.3 is 14.7 Å². The first-order chi connectivity index (χ1) is 6.66. The van der Waals surface area contributed by atoms with E-state index >= 15 is 0 Å². The van der Waals surface area contributed by atoms with Crippen LogP contribution in [0.25, 0.3) is 0 Å². The Morgan fingerprint density at radius 1 is 1.43 bits per heavy atom. The second kappa shape index (κ2) is 9.45. The van der Waals surface area contributed by atoms with Gasteiger partial charge in [0.1, 0.15) is 0 Å². The van der Waals surface area contributed by atoms with Crippen molar-refractivity contribution < 1.29 is 14.6 Å². The fraction of sp³-hybridized carbons (Fsp3) is 0.889. The van der Waals surface area contributed by atoms with E-state index in [0.717, 1.165) is 6.54 Å². The number of aliphatic hydroxyl groups is 1. The van der Waals surface area contributed by atoms with Gasteiger partial charge in [0, 0.05) is 18.7 Å². The lowest BCUT2D eigenvalue weighted by atomic mass is 10.4. The minimum absolute atomic E-state index is 0.0409. The minimum Gasteiger partial charge on any atom is -0.394 e. The monoisotopic (exact) mass is 221 g/mol. The van der Waals surface area contributed by atoms with Crippen LogP contribution >= 0.6 is 11.8 Å². The van der Waals surface area contributed by atoms with Gasteiger partial charge in [-0.05, 0) is 14.1 Å². The van der Waals surface area contributed by atoms with Crippen LogP contribution in [0.3, 0.4) is 0 Å². The number of thioether (sulfide) groups is 1. The second-order valence-electron chi connectivity index (χ2n) is 3.11. The third-order valence-corrected chi connectivity index (χ3v) is 2.39. The lowest BCUT2D eigenvalue weighted by Crippen LogP contribution is -2.15. The Morgan fingerprint density at radius 3 is 2.71 bits per heavy atom. The first kappa shape index (κ1) is 13.9. The quantitative estimate of drug-likeness (QED) is 0.594. The van der Waals surface area contributed by atoms with Crippen LogP contribution in [0.15, 0.2) is 0 Å². The van der Waals surface area contributed by atoms with Crippen LogP contribution in [0, 0.1) is 0 Å². The molecular formula is C9H19NO3S. The molecule has 14 heavy (non-hydrogen) atoms. The molecular weight excluding hydrogens is 202 g/mol.